The van der Waals surface area contributed by atoms with E-state index >= 15 is 0 Å². The van der Waals surface area contributed by atoms with E-state index in [0.29, 0.717) is 24.9 Å². The van der Waals surface area contributed by atoms with Gasteiger partial charge in [-0.1, -0.05) is 46.0 Å². The van der Waals surface area contributed by atoms with Gasteiger partial charge in [-0.25, -0.2) is 19.6 Å². The predicted octanol–water partition coefficient (Wildman–Crippen LogP) is 4.05. The van der Waals surface area contributed by atoms with E-state index in [1.165, 1.54) is 25.7 Å². The number of hydrogen-bond donors (Lipinski definition) is 0. The van der Waals surface area contributed by atoms with Gasteiger partial charge in [0.25, 0.3) is 0 Å². The number of carbonyl (C=O) groups excluding carboxylic acids is 2. The topological polar surface area (TPSA) is 58.9 Å². The fourth-order valence-electron chi connectivity index (χ4n) is 2.57. The molecule has 0 amide bonds. The maximum atomic E-state index is 9.94. The molecule has 0 aliphatic heterocycles. The fourth-order valence-corrected chi connectivity index (χ4v) is 2.57. The minimum Gasteiger partial charge on any atom is -0.211 e. The second kappa shape index (κ2) is 14.2. The molecular weight excluding hydrogens is 252 g/mol. The lowest BCUT2D eigenvalue weighted by molar-refractivity contribution is 0.278. The molecule has 20 heavy (non-hydrogen) atoms. The van der Waals surface area contributed by atoms with Crippen molar-refractivity contribution in [3.8, 4) is 0 Å². The average Bonchev–Trinajstić information content (AvgIpc) is 2.50. The summed E-state index contributed by atoms with van der Waals surface area (Å²) < 4.78 is 0. The number of rotatable bonds is 7. The summed E-state index contributed by atoms with van der Waals surface area (Å²) in [7, 11) is 0. The summed E-state index contributed by atoms with van der Waals surface area (Å²) in [6, 6.07) is 0. The summed E-state index contributed by atoms with van der Waals surface area (Å²) in [5.41, 5.74) is 0. The third-order valence-electron chi connectivity index (χ3n) is 3.68. The zero-order valence-electron chi connectivity index (χ0n) is 12.9. The van der Waals surface area contributed by atoms with Crippen molar-refractivity contribution >= 4 is 12.2 Å². The standard InChI is InChI=1S/C10H14N2O2.C6H14/c13-7-11-5-9-2-1-3-10(4-9)6-12-8-14;1-3-5-6-4-2/h9-10H,1-6H2;3-6H2,1-2H3. The lowest BCUT2D eigenvalue weighted by Gasteiger charge is -2.26. The van der Waals surface area contributed by atoms with E-state index in [0.717, 1.165) is 25.7 Å². The van der Waals surface area contributed by atoms with E-state index in [1.54, 1.807) is 12.2 Å². The normalized spacial score (nSPS) is 20.9. The molecular formula is C16H28N2O2. The molecule has 0 radical (unpaired) electrons. The van der Waals surface area contributed by atoms with Gasteiger partial charge in [-0.3, -0.25) is 0 Å². The van der Waals surface area contributed by atoms with Crippen molar-refractivity contribution in [2.24, 2.45) is 21.8 Å². The Morgan fingerprint density at radius 3 is 1.70 bits per heavy atom. The summed E-state index contributed by atoms with van der Waals surface area (Å²) >= 11 is 0. The number of unbranched alkanes of at least 4 members (excludes halogenated alkanes) is 3. The van der Waals surface area contributed by atoms with E-state index in [-0.39, 0.29) is 0 Å². The van der Waals surface area contributed by atoms with Crippen molar-refractivity contribution in [2.75, 3.05) is 13.1 Å². The highest BCUT2D eigenvalue weighted by Crippen LogP contribution is 2.29. The van der Waals surface area contributed by atoms with Gasteiger partial charge in [0.05, 0.1) is 13.1 Å². The van der Waals surface area contributed by atoms with Gasteiger partial charge in [-0.05, 0) is 31.1 Å². The quantitative estimate of drug-likeness (QED) is 0.401. The molecule has 0 N–H and O–H groups in total. The molecule has 1 aliphatic carbocycles. The highest BCUT2D eigenvalue weighted by Gasteiger charge is 2.21. The van der Waals surface area contributed by atoms with Gasteiger partial charge >= 0.3 is 0 Å². The van der Waals surface area contributed by atoms with E-state index in [4.69, 9.17) is 0 Å². The van der Waals surface area contributed by atoms with Crippen LogP contribution in [-0.2, 0) is 9.59 Å². The number of nitrogens with zero attached hydrogens (tertiary/aromatic N) is 2. The third-order valence-corrected chi connectivity index (χ3v) is 3.68. The maximum absolute atomic E-state index is 9.94. The summed E-state index contributed by atoms with van der Waals surface area (Å²) in [4.78, 5) is 27.1. The van der Waals surface area contributed by atoms with E-state index in [2.05, 4.69) is 23.8 Å². The van der Waals surface area contributed by atoms with Crippen LogP contribution < -0.4 is 0 Å². The lowest BCUT2D eigenvalue weighted by Crippen LogP contribution is -2.19. The van der Waals surface area contributed by atoms with Gasteiger partial charge in [0.2, 0.25) is 12.2 Å². The van der Waals surface area contributed by atoms with Crippen LogP contribution >= 0.6 is 0 Å². The Balaban J connectivity index is 0.000000511. The molecule has 0 aromatic carbocycles. The smallest absolute Gasteiger partial charge is 0.211 e. The summed E-state index contributed by atoms with van der Waals surface area (Å²) in [6.45, 7) is 5.61. The molecule has 4 nitrogen and oxygen atoms in total. The van der Waals surface area contributed by atoms with E-state index in [9.17, 15) is 9.59 Å². The average molecular weight is 280 g/mol. The number of hydrogen-bond acceptors (Lipinski definition) is 4. The van der Waals surface area contributed by atoms with Crippen LogP contribution in [0.5, 0.6) is 0 Å². The largest absolute Gasteiger partial charge is 0.234 e. The molecule has 0 heterocycles. The van der Waals surface area contributed by atoms with Crippen LogP contribution in [0.1, 0.15) is 65.2 Å². The van der Waals surface area contributed by atoms with Crippen molar-refractivity contribution < 1.29 is 9.59 Å². The van der Waals surface area contributed by atoms with Gasteiger partial charge in [0.15, 0.2) is 0 Å². The van der Waals surface area contributed by atoms with Crippen molar-refractivity contribution in [2.45, 2.75) is 65.2 Å². The molecule has 2 unspecified atom stereocenters. The third kappa shape index (κ3) is 10.7. The molecule has 1 aliphatic rings. The van der Waals surface area contributed by atoms with Crippen LogP contribution in [0, 0.1) is 11.8 Å². The Bertz CT molecular complexity index is 288. The van der Waals surface area contributed by atoms with Crippen molar-refractivity contribution in [1.82, 2.24) is 0 Å². The van der Waals surface area contributed by atoms with Gasteiger partial charge in [0.1, 0.15) is 0 Å². The molecule has 0 spiro atoms. The fraction of sp³-hybridized carbons (Fsp3) is 0.875. The van der Waals surface area contributed by atoms with Gasteiger partial charge in [-0.2, -0.15) is 0 Å². The van der Waals surface area contributed by atoms with Crippen LogP contribution in [0.25, 0.3) is 0 Å². The van der Waals surface area contributed by atoms with Crippen molar-refractivity contribution in [3.63, 3.8) is 0 Å². The predicted molar refractivity (Wildman–Crippen MR) is 81.2 cm³/mol. The van der Waals surface area contributed by atoms with Gasteiger partial charge in [-0.15, -0.1) is 0 Å². The Labute approximate surface area is 122 Å². The van der Waals surface area contributed by atoms with E-state index < -0.39 is 0 Å². The minimum atomic E-state index is 0.469. The molecule has 4 heteroatoms. The second-order valence-electron chi connectivity index (χ2n) is 5.47. The van der Waals surface area contributed by atoms with Crippen LogP contribution in [0.3, 0.4) is 0 Å². The molecule has 0 aromatic rings. The highest BCUT2D eigenvalue weighted by atomic mass is 16.1. The van der Waals surface area contributed by atoms with Gasteiger partial charge in [0, 0.05) is 0 Å². The Morgan fingerprint density at radius 1 is 0.900 bits per heavy atom. The molecule has 1 fully saturated rings. The SMILES string of the molecule is CCCCCC.O=C=NCC1CCCC(CN=C=O)C1. The first kappa shape index (κ1) is 18.8. The van der Waals surface area contributed by atoms with Gasteiger partial charge < -0.3 is 0 Å². The number of isocyanates is 2. The molecule has 1 rings (SSSR count). The van der Waals surface area contributed by atoms with Crippen LogP contribution in [-0.4, -0.2) is 25.2 Å². The number of aliphatic imine (C=N–C) groups is 2. The summed E-state index contributed by atoms with van der Waals surface area (Å²) in [5.74, 6) is 0.939. The Kier molecular flexibility index (Phi) is 13.3. The first-order valence-corrected chi connectivity index (χ1v) is 7.85. The summed E-state index contributed by atoms with van der Waals surface area (Å²) in [6.07, 6.45) is 13.0. The van der Waals surface area contributed by atoms with Crippen LogP contribution in [0.2, 0.25) is 0 Å². The Morgan fingerprint density at radius 2 is 1.35 bits per heavy atom. The van der Waals surface area contributed by atoms with Crippen molar-refractivity contribution in [3.05, 3.63) is 0 Å². The zero-order valence-corrected chi connectivity index (χ0v) is 12.9. The lowest BCUT2D eigenvalue weighted by atomic mass is 9.81. The first-order valence-electron chi connectivity index (χ1n) is 7.85. The minimum absolute atomic E-state index is 0.469. The molecule has 1 saturated carbocycles. The molecule has 0 saturated heterocycles. The molecule has 0 aromatic heterocycles. The Hall–Kier alpha value is -1.24. The first-order chi connectivity index (χ1) is 9.78. The van der Waals surface area contributed by atoms with E-state index in [1.807, 2.05) is 0 Å². The van der Waals surface area contributed by atoms with Crippen molar-refractivity contribution in [1.29, 1.82) is 0 Å². The molecule has 114 valence electrons. The maximum Gasteiger partial charge on any atom is 0.234 e. The second-order valence-corrected chi connectivity index (χ2v) is 5.47. The summed E-state index contributed by atoms with van der Waals surface area (Å²) in [5, 5.41) is 0. The molecule has 2 atom stereocenters. The van der Waals surface area contributed by atoms with Crippen LogP contribution in [0.4, 0.5) is 0 Å². The monoisotopic (exact) mass is 280 g/mol. The van der Waals surface area contributed by atoms with Crippen LogP contribution in [0.15, 0.2) is 9.98 Å². The molecule has 0 bridgehead atoms. The zero-order chi connectivity index (χ0) is 15.1. The highest BCUT2D eigenvalue weighted by molar-refractivity contribution is 5.33.